The molecule has 0 aliphatic rings. The number of rotatable bonds is 6. The SMILES string of the molecule is C/C(=N/OC(=O)c1ccccc1)C(=O)c1ccc(Sc2ccccc2)cc1. The van der Waals surface area contributed by atoms with Gasteiger partial charge in [-0.05, 0) is 55.5 Å². The van der Waals surface area contributed by atoms with Crippen LogP contribution in [0.25, 0.3) is 0 Å². The first-order valence-electron chi connectivity index (χ1n) is 8.32. The number of nitrogens with zero attached hydrogens (tertiary/aromatic N) is 1. The molecule has 0 amide bonds. The van der Waals surface area contributed by atoms with Gasteiger partial charge >= 0.3 is 5.97 Å². The Morgan fingerprint density at radius 1 is 0.741 bits per heavy atom. The smallest absolute Gasteiger partial charge is 0.312 e. The first-order chi connectivity index (χ1) is 13.1. The third-order valence-electron chi connectivity index (χ3n) is 3.70. The van der Waals surface area contributed by atoms with E-state index in [9.17, 15) is 9.59 Å². The molecule has 0 radical (unpaired) electrons. The van der Waals surface area contributed by atoms with Gasteiger partial charge in [-0.2, -0.15) is 0 Å². The fourth-order valence-corrected chi connectivity index (χ4v) is 3.12. The summed E-state index contributed by atoms with van der Waals surface area (Å²) >= 11 is 1.62. The van der Waals surface area contributed by atoms with E-state index in [1.165, 1.54) is 6.92 Å². The summed E-state index contributed by atoms with van der Waals surface area (Å²) < 4.78 is 0. The Balaban J connectivity index is 1.63. The highest BCUT2D eigenvalue weighted by Crippen LogP contribution is 2.27. The van der Waals surface area contributed by atoms with Crippen LogP contribution in [0.2, 0.25) is 0 Å². The van der Waals surface area contributed by atoms with E-state index in [1.807, 2.05) is 42.5 Å². The second-order valence-corrected chi connectivity index (χ2v) is 6.84. The molecule has 0 aliphatic carbocycles. The van der Waals surface area contributed by atoms with Crippen molar-refractivity contribution in [3.63, 3.8) is 0 Å². The fourth-order valence-electron chi connectivity index (χ4n) is 2.29. The quantitative estimate of drug-likeness (QED) is 0.255. The molecule has 0 aliphatic heterocycles. The van der Waals surface area contributed by atoms with Gasteiger partial charge < -0.3 is 4.84 Å². The van der Waals surface area contributed by atoms with Crippen LogP contribution in [0.3, 0.4) is 0 Å². The van der Waals surface area contributed by atoms with Crippen molar-refractivity contribution in [1.29, 1.82) is 0 Å². The Morgan fingerprint density at radius 2 is 1.30 bits per heavy atom. The van der Waals surface area contributed by atoms with E-state index in [1.54, 1.807) is 54.2 Å². The van der Waals surface area contributed by atoms with E-state index in [0.717, 1.165) is 9.79 Å². The molecule has 0 fully saturated rings. The molecule has 0 heterocycles. The van der Waals surface area contributed by atoms with E-state index in [4.69, 9.17) is 4.84 Å². The minimum Gasteiger partial charge on any atom is -0.312 e. The topological polar surface area (TPSA) is 55.7 Å². The molecule has 4 nitrogen and oxygen atoms in total. The average Bonchev–Trinajstić information content (AvgIpc) is 2.73. The highest BCUT2D eigenvalue weighted by atomic mass is 32.2. The Morgan fingerprint density at radius 3 is 1.93 bits per heavy atom. The summed E-state index contributed by atoms with van der Waals surface area (Å²) in [6.45, 7) is 1.52. The largest absolute Gasteiger partial charge is 0.365 e. The molecule has 0 aromatic heterocycles. The number of hydrogen-bond acceptors (Lipinski definition) is 5. The van der Waals surface area contributed by atoms with E-state index < -0.39 is 5.97 Å². The average molecular weight is 375 g/mol. The van der Waals surface area contributed by atoms with Crippen molar-refractivity contribution in [2.75, 3.05) is 0 Å². The van der Waals surface area contributed by atoms with Crippen LogP contribution in [0, 0.1) is 0 Å². The summed E-state index contributed by atoms with van der Waals surface area (Å²) in [7, 11) is 0. The first kappa shape index (κ1) is 18.6. The monoisotopic (exact) mass is 375 g/mol. The van der Waals surface area contributed by atoms with Crippen LogP contribution in [0.5, 0.6) is 0 Å². The Kier molecular flexibility index (Phi) is 6.18. The van der Waals surface area contributed by atoms with Crippen LogP contribution in [0.1, 0.15) is 27.6 Å². The molecule has 0 bridgehead atoms. The standard InChI is InChI=1S/C22H17NO3S/c1-16(23-26-22(25)18-8-4-2-5-9-18)21(24)17-12-14-20(15-13-17)27-19-10-6-3-7-11-19/h2-15H,1H3/b23-16-. The summed E-state index contributed by atoms with van der Waals surface area (Å²) in [4.78, 5) is 31.3. The molecule has 0 N–H and O–H groups in total. The summed E-state index contributed by atoms with van der Waals surface area (Å²) in [5.74, 6) is -0.885. The van der Waals surface area contributed by atoms with Gasteiger partial charge in [-0.1, -0.05) is 53.3 Å². The molecule has 3 aromatic rings. The zero-order valence-electron chi connectivity index (χ0n) is 14.7. The van der Waals surface area contributed by atoms with Gasteiger partial charge in [-0.3, -0.25) is 4.79 Å². The summed E-state index contributed by atoms with van der Waals surface area (Å²) in [5.41, 5.74) is 0.982. The van der Waals surface area contributed by atoms with Gasteiger partial charge in [0.05, 0.1) is 5.56 Å². The van der Waals surface area contributed by atoms with Crippen LogP contribution in [-0.4, -0.2) is 17.5 Å². The maximum atomic E-state index is 12.4. The molecule has 0 saturated heterocycles. The van der Waals surface area contributed by atoms with Gasteiger partial charge in [0.25, 0.3) is 0 Å². The van der Waals surface area contributed by atoms with Gasteiger partial charge in [0.1, 0.15) is 5.71 Å². The van der Waals surface area contributed by atoms with Crippen molar-refractivity contribution in [1.82, 2.24) is 0 Å². The number of carbonyl (C=O) groups excluding carboxylic acids is 2. The minimum absolute atomic E-state index is 0.114. The van der Waals surface area contributed by atoms with Crippen LogP contribution in [-0.2, 0) is 4.84 Å². The van der Waals surface area contributed by atoms with Crippen molar-refractivity contribution in [2.24, 2.45) is 5.16 Å². The fraction of sp³-hybridized carbons (Fsp3) is 0.0455. The molecule has 0 saturated carbocycles. The van der Waals surface area contributed by atoms with Gasteiger partial charge in [0.15, 0.2) is 0 Å². The molecular formula is C22H17NO3S. The predicted molar refractivity (Wildman–Crippen MR) is 106 cm³/mol. The summed E-state index contributed by atoms with van der Waals surface area (Å²) in [6, 6.07) is 25.8. The van der Waals surface area contributed by atoms with Gasteiger partial charge in [-0.25, -0.2) is 4.79 Å². The van der Waals surface area contributed by atoms with Crippen LogP contribution < -0.4 is 0 Å². The highest BCUT2D eigenvalue weighted by molar-refractivity contribution is 7.99. The molecule has 3 rings (SSSR count). The van der Waals surface area contributed by atoms with Crippen molar-refractivity contribution >= 4 is 29.2 Å². The molecular weight excluding hydrogens is 358 g/mol. The van der Waals surface area contributed by atoms with Crippen molar-refractivity contribution in [2.45, 2.75) is 16.7 Å². The first-order valence-corrected chi connectivity index (χ1v) is 9.14. The van der Waals surface area contributed by atoms with E-state index in [0.29, 0.717) is 11.1 Å². The maximum Gasteiger partial charge on any atom is 0.365 e. The molecule has 0 spiro atoms. The maximum absolute atomic E-state index is 12.4. The second-order valence-electron chi connectivity index (χ2n) is 5.69. The van der Waals surface area contributed by atoms with Crippen LogP contribution >= 0.6 is 11.8 Å². The zero-order chi connectivity index (χ0) is 19.1. The molecule has 27 heavy (non-hydrogen) atoms. The second kappa shape index (κ2) is 8.96. The third-order valence-corrected chi connectivity index (χ3v) is 4.71. The number of ketones is 1. The minimum atomic E-state index is -0.600. The summed E-state index contributed by atoms with van der Waals surface area (Å²) in [6.07, 6.45) is 0. The number of Topliss-reactive ketones (excluding diaryl/α,β-unsaturated/α-hetero) is 1. The van der Waals surface area contributed by atoms with Gasteiger partial charge in [-0.15, -0.1) is 0 Å². The Bertz CT molecular complexity index is 952. The predicted octanol–water partition coefficient (Wildman–Crippen LogP) is 5.25. The van der Waals surface area contributed by atoms with E-state index >= 15 is 0 Å². The third kappa shape index (κ3) is 5.15. The lowest BCUT2D eigenvalue weighted by molar-refractivity contribution is 0.0515. The number of hydrogen-bond donors (Lipinski definition) is 0. The molecule has 5 heteroatoms. The lowest BCUT2D eigenvalue weighted by Crippen LogP contribution is -2.12. The zero-order valence-corrected chi connectivity index (χ0v) is 15.5. The van der Waals surface area contributed by atoms with Gasteiger partial charge in [0.2, 0.25) is 5.78 Å². The van der Waals surface area contributed by atoms with Crippen molar-refractivity contribution in [3.8, 4) is 0 Å². The van der Waals surface area contributed by atoms with Crippen molar-refractivity contribution in [3.05, 3.63) is 96.1 Å². The number of benzene rings is 3. The molecule has 0 unspecified atom stereocenters. The lowest BCUT2D eigenvalue weighted by atomic mass is 10.1. The Hall–Kier alpha value is -3.18. The van der Waals surface area contributed by atoms with Crippen LogP contribution in [0.4, 0.5) is 0 Å². The Labute approximate surface area is 161 Å². The highest BCUT2D eigenvalue weighted by Gasteiger charge is 2.12. The molecule has 134 valence electrons. The van der Waals surface area contributed by atoms with E-state index in [-0.39, 0.29) is 11.5 Å². The molecule has 0 atom stereocenters. The number of carbonyl (C=O) groups is 2. The molecule has 3 aromatic carbocycles. The van der Waals surface area contributed by atoms with Crippen molar-refractivity contribution < 1.29 is 14.4 Å². The summed E-state index contributed by atoms with van der Waals surface area (Å²) in [5, 5.41) is 3.68. The lowest BCUT2D eigenvalue weighted by Gasteiger charge is -2.04. The number of oxime groups is 1. The van der Waals surface area contributed by atoms with E-state index in [2.05, 4.69) is 5.16 Å². The van der Waals surface area contributed by atoms with Gasteiger partial charge in [0, 0.05) is 15.4 Å². The van der Waals surface area contributed by atoms with Crippen LogP contribution in [0.15, 0.2) is 99.9 Å². The normalized spacial score (nSPS) is 11.1.